The van der Waals surface area contributed by atoms with Gasteiger partial charge in [0.25, 0.3) is 5.91 Å². The highest BCUT2D eigenvalue weighted by atomic mass is 35.5. The molecule has 1 fully saturated rings. The van der Waals surface area contributed by atoms with Crippen molar-refractivity contribution < 1.29 is 24.1 Å². The third kappa shape index (κ3) is 4.62. The normalized spacial score (nSPS) is 20.3. The van der Waals surface area contributed by atoms with Crippen LogP contribution >= 0.6 is 23.2 Å². The van der Waals surface area contributed by atoms with Crippen LogP contribution in [0.5, 0.6) is 0 Å². The molecule has 1 aliphatic heterocycles. The van der Waals surface area contributed by atoms with Gasteiger partial charge < -0.3 is 14.9 Å². The monoisotopic (exact) mass is 545 g/mol. The zero-order valence-electron chi connectivity index (χ0n) is 20.3. The highest BCUT2D eigenvalue weighted by Gasteiger charge is 2.56. The van der Waals surface area contributed by atoms with Crippen LogP contribution in [-0.4, -0.2) is 44.2 Å². The summed E-state index contributed by atoms with van der Waals surface area (Å²) < 4.78 is 22.7. The molecule has 7 nitrogen and oxygen atoms in total. The number of benzene rings is 2. The summed E-state index contributed by atoms with van der Waals surface area (Å²) >= 11 is 12.1. The first-order valence-electron chi connectivity index (χ1n) is 11.9. The smallest absolute Gasteiger partial charge is 0.257 e. The van der Waals surface area contributed by atoms with E-state index in [1.165, 1.54) is 43.3 Å². The van der Waals surface area contributed by atoms with Crippen molar-refractivity contribution in [1.29, 1.82) is 0 Å². The molecule has 0 radical (unpaired) electrons. The number of ether oxygens (including phenoxy) is 1. The largest absolute Gasteiger partial charge is 0.396 e. The van der Waals surface area contributed by atoms with E-state index in [9.17, 15) is 15.0 Å². The standard InChI is InChI=1S/C27H26Cl2FN3O4/c1-25(2,36)17-9-20-23(21(30)10-17)27(16-3-5-18(28)6-4-16,37-15-26(14-34)7-8-26)33(24(20)35)13-22-31-11-19(29)12-32-22/h3-6,9-12,34,36H,7-8,13-15H2,1-2H3/t27-/m1/s1. The Bertz CT molecular complexity index is 1340. The lowest BCUT2D eigenvalue weighted by molar-refractivity contribution is -0.131. The summed E-state index contributed by atoms with van der Waals surface area (Å²) in [5, 5.41) is 21.3. The lowest BCUT2D eigenvalue weighted by Gasteiger charge is -2.40. The molecular weight excluding hydrogens is 520 g/mol. The van der Waals surface area contributed by atoms with Crippen molar-refractivity contribution in [1.82, 2.24) is 14.9 Å². The van der Waals surface area contributed by atoms with Crippen molar-refractivity contribution >= 4 is 29.1 Å². The molecule has 2 N–H and O–H groups in total. The fourth-order valence-electron chi connectivity index (χ4n) is 4.63. The molecular formula is C27H26Cl2FN3O4. The number of hydrogen-bond acceptors (Lipinski definition) is 6. The van der Waals surface area contributed by atoms with Gasteiger partial charge >= 0.3 is 0 Å². The van der Waals surface area contributed by atoms with Crippen LogP contribution in [0.15, 0.2) is 48.8 Å². The fourth-order valence-corrected chi connectivity index (χ4v) is 4.86. The van der Waals surface area contributed by atoms with Crippen LogP contribution < -0.4 is 0 Å². The second-order valence-electron chi connectivity index (χ2n) is 10.2. The van der Waals surface area contributed by atoms with Crippen LogP contribution in [0.2, 0.25) is 10.0 Å². The molecule has 2 aromatic carbocycles. The predicted octanol–water partition coefficient (Wildman–Crippen LogP) is 4.80. The van der Waals surface area contributed by atoms with Crippen molar-refractivity contribution in [2.75, 3.05) is 13.2 Å². The Morgan fingerprint density at radius 2 is 1.76 bits per heavy atom. The molecule has 1 aromatic heterocycles. The highest BCUT2D eigenvalue weighted by molar-refractivity contribution is 6.30. The number of aliphatic hydroxyl groups excluding tert-OH is 1. The molecule has 10 heteroatoms. The maximum atomic E-state index is 16.1. The Morgan fingerprint density at radius 1 is 1.11 bits per heavy atom. The molecule has 1 saturated carbocycles. The van der Waals surface area contributed by atoms with Gasteiger partial charge in [-0.2, -0.15) is 0 Å². The summed E-state index contributed by atoms with van der Waals surface area (Å²) in [6, 6.07) is 9.37. The Balaban J connectivity index is 1.74. The number of amides is 1. The molecule has 0 bridgehead atoms. The van der Waals surface area contributed by atoms with Crippen molar-refractivity contribution in [3.8, 4) is 0 Å². The number of aliphatic hydroxyl groups is 2. The number of rotatable bonds is 8. The van der Waals surface area contributed by atoms with E-state index in [1.54, 1.807) is 24.3 Å². The second-order valence-corrected chi connectivity index (χ2v) is 11.1. The third-order valence-electron chi connectivity index (χ3n) is 7.08. The number of nitrogens with zero attached hydrogens (tertiary/aromatic N) is 3. The molecule has 2 aliphatic rings. The van der Waals surface area contributed by atoms with Crippen LogP contribution in [-0.2, 0) is 22.6 Å². The Hall–Kier alpha value is -2.62. The number of carbonyl (C=O) groups is 1. The Morgan fingerprint density at radius 3 is 2.32 bits per heavy atom. The van der Waals surface area contributed by atoms with Crippen molar-refractivity contribution in [3.05, 3.63) is 92.7 Å². The minimum absolute atomic E-state index is 0.0236. The number of hydrogen-bond donors (Lipinski definition) is 2. The second kappa shape index (κ2) is 9.29. The molecule has 1 atom stereocenters. The molecule has 5 rings (SSSR count). The van der Waals surface area contributed by atoms with E-state index >= 15 is 4.39 Å². The van der Waals surface area contributed by atoms with E-state index < -0.39 is 28.5 Å². The Labute approximate surface area is 223 Å². The SMILES string of the molecule is CC(C)(O)c1cc(F)c2c(c1)C(=O)N(Cc1ncc(Cl)cn1)[C@@]2(OCC1(CO)CC1)c1ccc(Cl)cc1. The number of halogens is 3. The molecule has 1 aliphatic carbocycles. The van der Waals surface area contributed by atoms with Gasteiger partial charge in [0.15, 0.2) is 5.72 Å². The zero-order valence-corrected chi connectivity index (χ0v) is 21.9. The minimum Gasteiger partial charge on any atom is -0.396 e. The summed E-state index contributed by atoms with van der Waals surface area (Å²) in [7, 11) is 0. The van der Waals surface area contributed by atoms with Gasteiger partial charge in [0, 0.05) is 28.4 Å². The van der Waals surface area contributed by atoms with Gasteiger partial charge in [-0.3, -0.25) is 9.69 Å². The molecule has 0 unspecified atom stereocenters. The highest BCUT2D eigenvalue weighted by Crippen LogP contribution is 2.52. The molecule has 194 valence electrons. The van der Waals surface area contributed by atoms with Gasteiger partial charge in [0.1, 0.15) is 11.6 Å². The van der Waals surface area contributed by atoms with Crippen LogP contribution in [0.3, 0.4) is 0 Å². The van der Waals surface area contributed by atoms with E-state index in [4.69, 9.17) is 27.9 Å². The summed E-state index contributed by atoms with van der Waals surface area (Å²) in [4.78, 5) is 23.9. The van der Waals surface area contributed by atoms with Gasteiger partial charge in [-0.25, -0.2) is 14.4 Å². The topological polar surface area (TPSA) is 95.8 Å². The minimum atomic E-state index is -1.70. The molecule has 0 saturated heterocycles. The van der Waals surface area contributed by atoms with Crippen LogP contribution in [0.4, 0.5) is 4.39 Å². The zero-order chi connectivity index (χ0) is 26.6. The Kier molecular flexibility index (Phi) is 6.53. The van der Waals surface area contributed by atoms with Gasteiger partial charge in [-0.1, -0.05) is 35.3 Å². The van der Waals surface area contributed by atoms with E-state index in [0.717, 1.165) is 12.8 Å². The maximum Gasteiger partial charge on any atom is 0.257 e. The van der Waals surface area contributed by atoms with E-state index in [2.05, 4.69) is 9.97 Å². The molecule has 0 spiro atoms. The number of fused-ring (bicyclic) bond motifs is 1. The predicted molar refractivity (Wildman–Crippen MR) is 135 cm³/mol. The number of carbonyl (C=O) groups excluding carboxylic acids is 1. The first-order chi connectivity index (χ1) is 17.5. The van der Waals surface area contributed by atoms with Crippen molar-refractivity contribution in [3.63, 3.8) is 0 Å². The molecule has 37 heavy (non-hydrogen) atoms. The average molecular weight is 546 g/mol. The van der Waals surface area contributed by atoms with E-state index in [0.29, 0.717) is 15.6 Å². The van der Waals surface area contributed by atoms with Crippen LogP contribution in [0.25, 0.3) is 0 Å². The first-order valence-corrected chi connectivity index (χ1v) is 12.6. The van der Waals surface area contributed by atoms with E-state index in [1.807, 2.05) is 0 Å². The van der Waals surface area contributed by atoms with Gasteiger partial charge in [0.2, 0.25) is 0 Å². The van der Waals surface area contributed by atoms with Gasteiger partial charge in [-0.05, 0) is 56.5 Å². The van der Waals surface area contributed by atoms with Crippen molar-refractivity contribution in [2.24, 2.45) is 5.41 Å². The molecule has 3 aromatic rings. The summed E-state index contributed by atoms with van der Waals surface area (Å²) in [6.07, 6.45) is 4.34. The van der Waals surface area contributed by atoms with Crippen molar-refractivity contribution in [2.45, 2.75) is 44.6 Å². The third-order valence-corrected chi connectivity index (χ3v) is 7.53. The van der Waals surface area contributed by atoms with Gasteiger partial charge in [0.05, 0.1) is 41.5 Å². The lowest BCUT2D eigenvalue weighted by atomic mass is 9.88. The maximum absolute atomic E-state index is 16.1. The van der Waals surface area contributed by atoms with Crippen LogP contribution in [0, 0.1) is 11.2 Å². The summed E-state index contributed by atoms with van der Waals surface area (Å²) in [5.41, 5.74) is -2.74. The molecule has 1 amide bonds. The quantitative estimate of drug-likeness (QED) is 0.422. The summed E-state index contributed by atoms with van der Waals surface area (Å²) in [5.74, 6) is -0.937. The molecule has 2 heterocycles. The average Bonchev–Trinajstić information content (AvgIpc) is 3.60. The van der Waals surface area contributed by atoms with Crippen LogP contribution in [0.1, 0.15) is 59.6 Å². The number of aromatic nitrogens is 2. The summed E-state index contributed by atoms with van der Waals surface area (Å²) in [6.45, 7) is 2.92. The van der Waals surface area contributed by atoms with E-state index in [-0.39, 0.29) is 42.3 Å². The first kappa shape index (κ1) is 26.0. The van der Waals surface area contributed by atoms with Gasteiger partial charge in [-0.15, -0.1) is 0 Å². The fraction of sp³-hybridized carbons (Fsp3) is 0.370. The lowest BCUT2D eigenvalue weighted by Crippen LogP contribution is -2.48.